The lowest BCUT2D eigenvalue weighted by Crippen LogP contribution is -2.22. The molecule has 1 fully saturated rings. The summed E-state index contributed by atoms with van der Waals surface area (Å²) in [7, 11) is 0. The van der Waals surface area contributed by atoms with Crippen molar-refractivity contribution >= 4 is 5.78 Å². The molecule has 0 bridgehead atoms. The van der Waals surface area contributed by atoms with Gasteiger partial charge in [-0.1, -0.05) is 76.7 Å². The zero-order chi connectivity index (χ0) is 17.7. The Morgan fingerprint density at radius 1 is 1.24 bits per heavy atom. The molecular weight excluding hydrogens is 308 g/mol. The van der Waals surface area contributed by atoms with Crippen LogP contribution in [0, 0.1) is 5.92 Å². The molecule has 0 N–H and O–H groups in total. The van der Waals surface area contributed by atoms with Crippen molar-refractivity contribution in [2.75, 3.05) is 6.61 Å². The van der Waals surface area contributed by atoms with Crippen LogP contribution < -0.4 is 4.74 Å². The summed E-state index contributed by atoms with van der Waals surface area (Å²) in [5.41, 5.74) is 2.11. The number of ether oxygens (including phenoxy) is 1. The molecule has 0 saturated heterocycles. The smallest absolute Gasteiger partial charge is 0.163 e. The van der Waals surface area contributed by atoms with Crippen LogP contribution >= 0.6 is 0 Å². The van der Waals surface area contributed by atoms with Crippen molar-refractivity contribution in [3.63, 3.8) is 0 Å². The second kappa shape index (κ2) is 8.21. The Morgan fingerprint density at radius 2 is 2.04 bits per heavy atom. The van der Waals surface area contributed by atoms with Gasteiger partial charge in [0, 0.05) is 23.0 Å². The van der Waals surface area contributed by atoms with Gasteiger partial charge in [0.25, 0.3) is 0 Å². The van der Waals surface area contributed by atoms with Crippen molar-refractivity contribution in [1.29, 1.82) is 0 Å². The average Bonchev–Trinajstić information content (AvgIpc) is 2.96. The Hall–Kier alpha value is -1.57. The van der Waals surface area contributed by atoms with Crippen LogP contribution in [0.25, 0.3) is 0 Å². The fourth-order valence-corrected chi connectivity index (χ4v) is 4.20. The number of unbranched alkanes of at least 4 members (excludes halogenated alkanes) is 1. The van der Waals surface area contributed by atoms with Gasteiger partial charge in [0.15, 0.2) is 5.78 Å². The predicted octanol–water partition coefficient (Wildman–Crippen LogP) is 6.24. The molecule has 2 nitrogen and oxygen atoms in total. The molecule has 25 heavy (non-hydrogen) atoms. The maximum Gasteiger partial charge on any atom is 0.163 e. The first-order valence-electron chi connectivity index (χ1n) is 10.1. The summed E-state index contributed by atoms with van der Waals surface area (Å²) in [6.45, 7) is 5.17. The first-order chi connectivity index (χ1) is 12.1. The molecule has 0 amide bonds. The molecule has 2 heteroatoms. The van der Waals surface area contributed by atoms with E-state index in [4.69, 9.17) is 4.74 Å². The SMILES string of the molecule is CCC/C=C/CC1(C)COc2cc(C(=O)CC3CCCCC3)ccc21. The molecule has 1 saturated carbocycles. The summed E-state index contributed by atoms with van der Waals surface area (Å²) in [6.07, 6.45) is 14.9. The minimum atomic E-state index is 0.0323. The van der Waals surface area contributed by atoms with E-state index in [1.54, 1.807) is 0 Å². The Morgan fingerprint density at radius 3 is 2.80 bits per heavy atom. The van der Waals surface area contributed by atoms with Gasteiger partial charge in [-0.25, -0.2) is 0 Å². The Kier molecular flexibility index (Phi) is 5.98. The third-order valence-corrected chi connectivity index (χ3v) is 5.89. The topological polar surface area (TPSA) is 26.3 Å². The molecular formula is C23H32O2. The Balaban J connectivity index is 1.67. The molecule has 0 spiro atoms. The number of hydrogen-bond acceptors (Lipinski definition) is 2. The molecule has 1 aliphatic heterocycles. The van der Waals surface area contributed by atoms with Crippen LogP contribution in [-0.4, -0.2) is 12.4 Å². The zero-order valence-corrected chi connectivity index (χ0v) is 15.9. The van der Waals surface area contributed by atoms with Crippen LogP contribution in [-0.2, 0) is 5.41 Å². The lowest BCUT2D eigenvalue weighted by Gasteiger charge is -2.21. The molecule has 3 rings (SSSR count). The van der Waals surface area contributed by atoms with Crippen molar-refractivity contribution in [2.24, 2.45) is 5.92 Å². The van der Waals surface area contributed by atoms with Gasteiger partial charge in [0.1, 0.15) is 5.75 Å². The lowest BCUT2D eigenvalue weighted by molar-refractivity contribution is 0.0950. The number of carbonyl (C=O) groups is 1. The number of carbonyl (C=O) groups excluding carboxylic acids is 1. The summed E-state index contributed by atoms with van der Waals surface area (Å²) in [5, 5.41) is 0. The normalized spacial score (nSPS) is 23.6. The quantitative estimate of drug-likeness (QED) is 0.434. The van der Waals surface area contributed by atoms with Gasteiger partial charge in [-0.15, -0.1) is 0 Å². The van der Waals surface area contributed by atoms with Crippen molar-refractivity contribution in [3.05, 3.63) is 41.5 Å². The zero-order valence-electron chi connectivity index (χ0n) is 15.9. The molecule has 1 atom stereocenters. The molecule has 1 aromatic rings. The van der Waals surface area contributed by atoms with E-state index >= 15 is 0 Å². The van der Waals surface area contributed by atoms with Gasteiger partial charge < -0.3 is 4.74 Å². The number of Topliss-reactive ketones (excluding diaryl/α,β-unsaturated/α-hetero) is 1. The molecule has 0 aromatic heterocycles. The minimum Gasteiger partial charge on any atom is -0.492 e. The van der Waals surface area contributed by atoms with E-state index in [9.17, 15) is 4.79 Å². The second-order valence-corrected chi connectivity index (χ2v) is 8.16. The van der Waals surface area contributed by atoms with E-state index in [1.165, 1.54) is 44.1 Å². The minimum absolute atomic E-state index is 0.0323. The molecule has 1 heterocycles. The van der Waals surface area contributed by atoms with Crippen molar-refractivity contribution < 1.29 is 9.53 Å². The molecule has 1 aromatic carbocycles. The molecule has 136 valence electrons. The Labute approximate surface area is 152 Å². The lowest BCUT2D eigenvalue weighted by atomic mass is 9.80. The molecule has 1 unspecified atom stereocenters. The largest absolute Gasteiger partial charge is 0.492 e. The molecule has 0 radical (unpaired) electrons. The van der Waals surface area contributed by atoms with Crippen LogP contribution in [0.5, 0.6) is 5.75 Å². The number of hydrogen-bond donors (Lipinski definition) is 0. The highest BCUT2D eigenvalue weighted by atomic mass is 16.5. The van der Waals surface area contributed by atoms with Crippen LogP contribution in [0.2, 0.25) is 0 Å². The van der Waals surface area contributed by atoms with E-state index in [1.807, 2.05) is 12.1 Å². The third-order valence-electron chi connectivity index (χ3n) is 5.89. The maximum absolute atomic E-state index is 12.7. The van der Waals surface area contributed by atoms with Gasteiger partial charge in [0.2, 0.25) is 0 Å². The van der Waals surface area contributed by atoms with Crippen LogP contribution in [0.1, 0.15) is 87.6 Å². The standard InChI is InChI=1S/C23H32O2/c1-3-4-5-9-14-23(2)17-25-22-16-19(12-13-20(22)23)21(24)15-18-10-7-6-8-11-18/h5,9,12-13,16,18H,3-4,6-8,10-11,14-15,17H2,1-2H3/b9-5+. The van der Waals surface area contributed by atoms with E-state index in [-0.39, 0.29) is 11.2 Å². The maximum atomic E-state index is 12.7. The summed E-state index contributed by atoms with van der Waals surface area (Å²) >= 11 is 0. The van der Waals surface area contributed by atoms with Gasteiger partial charge in [-0.2, -0.15) is 0 Å². The number of benzene rings is 1. The second-order valence-electron chi connectivity index (χ2n) is 8.16. The van der Waals surface area contributed by atoms with Gasteiger partial charge in [0.05, 0.1) is 6.61 Å². The highest BCUT2D eigenvalue weighted by Gasteiger charge is 2.35. The average molecular weight is 341 g/mol. The monoisotopic (exact) mass is 340 g/mol. The fourth-order valence-electron chi connectivity index (χ4n) is 4.20. The van der Waals surface area contributed by atoms with E-state index in [0.29, 0.717) is 18.9 Å². The first-order valence-corrected chi connectivity index (χ1v) is 10.1. The van der Waals surface area contributed by atoms with E-state index < -0.39 is 0 Å². The van der Waals surface area contributed by atoms with E-state index in [2.05, 4.69) is 32.1 Å². The third kappa shape index (κ3) is 4.34. The summed E-state index contributed by atoms with van der Waals surface area (Å²) in [6, 6.07) is 6.14. The fraction of sp³-hybridized carbons (Fsp3) is 0.609. The highest BCUT2D eigenvalue weighted by Crippen LogP contribution is 2.42. The van der Waals surface area contributed by atoms with Crippen molar-refractivity contribution in [1.82, 2.24) is 0 Å². The number of rotatable bonds is 7. The van der Waals surface area contributed by atoms with Crippen LogP contribution in [0.4, 0.5) is 0 Å². The first kappa shape index (κ1) is 18.2. The summed E-state index contributed by atoms with van der Waals surface area (Å²) in [4.78, 5) is 12.7. The van der Waals surface area contributed by atoms with Gasteiger partial charge in [-0.3, -0.25) is 4.79 Å². The number of fused-ring (bicyclic) bond motifs is 1. The van der Waals surface area contributed by atoms with Gasteiger partial charge in [-0.05, 0) is 24.8 Å². The molecule has 2 aliphatic rings. The predicted molar refractivity (Wildman–Crippen MR) is 103 cm³/mol. The summed E-state index contributed by atoms with van der Waals surface area (Å²) < 4.78 is 5.97. The summed E-state index contributed by atoms with van der Waals surface area (Å²) in [5.74, 6) is 1.79. The van der Waals surface area contributed by atoms with Crippen LogP contribution in [0.3, 0.4) is 0 Å². The highest BCUT2D eigenvalue weighted by molar-refractivity contribution is 5.96. The van der Waals surface area contributed by atoms with Crippen LogP contribution in [0.15, 0.2) is 30.4 Å². The van der Waals surface area contributed by atoms with Crippen molar-refractivity contribution in [3.8, 4) is 5.75 Å². The number of ketones is 1. The van der Waals surface area contributed by atoms with E-state index in [0.717, 1.165) is 24.2 Å². The number of allylic oxidation sites excluding steroid dienone is 2. The molecule has 1 aliphatic carbocycles. The van der Waals surface area contributed by atoms with Crippen molar-refractivity contribution in [2.45, 2.75) is 77.0 Å². The van der Waals surface area contributed by atoms with Gasteiger partial charge >= 0.3 is 0 Å². The Bertz CT molecular complexity index is 625.